The molecule has 1 aliphatic heterocycles. The van der Waals surface area contributed by atoms with Crippen LogP contribution in [0.2, 0.25) is 5.02 Å². The Morgan fingerprint density at radius 1 is 1.07 bits per heavy atom. The van der Waals surface area contributed by atoms with Gasteiger partial charge in [0.25, 0.3) is 0 Å². The summed E-state index contributed by atoms with van der Waals surface area (Å²) in [4.78, 5) is 13.3. The number of nitrogens with zero attached hydrogens (tertiary/aromatic N) is 1. The van der Waals surface area contributed by atoms with Crippen LogP contribution in [-0.4, -0.2) is 35.6 Å². The van der Waals surface area contributed by atoms with Crippen molar-refractivity contribution in [3.8, 4) is 11.1 Å². The summed E-state index contributed by atoms with van der Waals surface area (Å²) in [5, 5.41) is 25.6. The summed E-state index contributed by atoms with van der Waals surface area (Å²) in [6.07, 6.45) is -0.307. The minimum absolute atomic E-state index is 0.0125. The Bertz CT molecular complexity index is 1100. The normalized spacial score (nSPS) is 21.6. The van der Waals surface area contributed by atoms with Crippen molar-refractivity contribution in [3.63, 3.8) is 0 Å². The monoisotopic (exact) mass is 424 g/mol. The lowest BCUT2D eigenvalue weighted by molar-refractivity contribution is -0.116. The molecule has 3 N–H and O–H groups in total. The molecule has 3 aromatic carbocycles. The van der Waals surface area contributed by atoms with Gasteiger partial charge in [0.1, 0.15) is 12.5 Å². The number of nitrogens with one attached hydrogen (secondary N) is 1. The van der Waals surface area contributed by atoms with E-state index < -0.39 is 12.5 Å². The fraction of sp³-hybridized carbons (Fsp3) is 0.292. The van der Waals surface area contributed by atoms with Crippen LogP contribution in [0.15, 0.2) is 54.6 Å². The van der Waals surface area contributed by atoms with Gasteiger partial charge in [0.15, 0.2) is 0 Å². The van der Waals surface area contributed by atoms with E-state index in [1.165, 1.54) is 0 Å². The van der Waals surface area contributed by atoms with Crippen molar-refractivity contribution in [3.05, 3.63) is 65.2 Å². The zero-order valence-corrected chi connectivity index (χ0v) is 17.7. The van der Waals surface area contributed by atoms with Crippen LogP contribution in [0.25, 0.3) is 21.9 Å². The van der Waals surface area contributed by atoms with Gasteiger partial charge in [-0.3, -0.25) is 10.1 Å². The molecule has 3 atom stereocenters. The number of aliphatic hydroxyl groups is 2. The number of rotatable bonds is 3. The van der Waals surface area contributed by atoms with Gasteiger partial charge >= 0.3 is 0 Å². The lowest BCUT2D eigenvalue weighted by Crippen LogP contribution is -2.46. The third-order valence-corrected chi connectivity index (χ3v) is 6.34. The molecule has 6 heteroatoms. The van der Waals surface area contributed by atoms with Crippen molar-refractivity contribution in [2.45, 2.75) is 38.1 Å². The highest BCUT2D eigenvalue weighted by atomic mass is 35.5. The van der Waals surface area contributed by atoms with E-state index in [4.69, 9.17) is 11.6 Å². The number of carbonyl (C=O) groups excluding carboxylic acids is 1. The number of piperidine rings is 1. The minimum atomic E-state index is -0.838. The number of hydrogen-bond acceptors (Lipinski definition) is 4. The third-order valence-electron chi connectivity index (χ3n) is 5.92. The van der Waals surface area contributed by atoms with Crippen LogP contribution >= 0.6 is 11.6 Å². The summed E-state index contributed by atoms with van der Waals surface area (Å²) < 4.78 is 0. The smallest absolute Gasteiger partial charge is 0.223 e. The van der Waals surface area contributed by atoms with Crippen molar-refractivity contribution in [1.82, 2.24) is 5.32 Å². The summed E-state index contributed by atoms with van der Waals surface area (Å²) in [6.45, 7) is 1.54. The zero-order valence-electron chi connectivity index (χ0n) is 17.0. The van der Waals surface area contributed by atoms with Crippen molar-refractivity contribution in [2.75, 3.05) is 11.9 Å². The highest BCUT2D eigenvalue weighted by molar-refractivity contribution is 6.34. The number of aliphatic hydroxyl groups excluding tert-OH is 2. The summed E-state index contributed by atoms with van der Waals surface area (Å²) in [6, 6.07) is 17.9. The molecule has 0 aromatic heterocycles. The number of hydrogen-bond donors (Lipinski definition) is 3. The molecule has 1 fully saturated rings. The van der Waals surface area contributed by atoms with E-state index in [0.717, 1.165) is 33.2 Å². The molecule has 1 saturated heterocycles. The second kappa shape index (κ2) is 8.36. The first-order valence-electron chi connectivity index (χ1n) is 10.0. The molecule has 4 rings (SSSR count). The van der Waals surface area contributed by atoms with E-state index in [0.29, 0.717) is 17.9 Å². The minimum Gasteiger partial charge on any atom is -0.379 e. The standard InChI is InChI=1S/C24H25ClN2O3/c1-14(28)27(2)18-9-8-15-12-17(7-6-16(15)13-18)19-4-3-5-20(23(19)25)21-10-11-22(29)26-24(21)30/h3-9,12-13,21-22,24,26,29-30H,10-11H2,1-2H3. The largest absolute Gasteiger partial charge is 0.379 e. The van der Waals surface area contributed by atoms with Crippen molar-refractivity contribution < 1.29 is 15.0 Å². The first kappa shape index (κ1) is 20.8. The van der Waals surface area contributed by atoms with Crippen LogP contribution in [-0.2, 0) is 4.79 Å². The maximum absolute atomic E-state index is 11.6. The molecule has 1 heterocycles. The predicted octanol–water partition coefficient (Wildman–Crippen LogP) is 4.25. The van der Waals surface area contributed by atoms with Gasteiger partial charge in [-0.1, -0.05) is 48.0 Å². The average Bonchev–Trinajstić information content (AvgIpc) is 2.73. The SMILES string of the molecule is CC(=O)N(C)c1ccc2cc(-c3cccc(C4CCC(O)NC4O)c3Cl)ccc2c1. The summed E-state index contributed by atoms with van der Waals surface area (Å²) in [5.41, 5.74) is 3.61. The van der Waals surface area contributed by atoms with Crippen LogP contribution in [0.1, 0.15) is 31.2 Å². The van der Waals surface area contributed by atoms with Crippen LogP contribution in [0.3, 0.4) is 0 Å². The molecule has 5 nitrogen and oxygen atoms in total. The van der Waals surface area contributed by atoms with E-state index in [2.05, 4.69) is 11.4 Å². The molecule has 1 amide bonds. The quantitative estimate of drug-likeness (QED) is 0.587. The molecule has 0 bridgehead atoms. The van der Waals surface area contributed by atoms with E-state index in [1.54, 1.807) is 18.9 Å². The Labute approximate surface area is 180 Å². The van der Waals surface area contributed by atoms with Gasteiger partial charge in [0.2, 0.25) is 5.91 Å². The third kappa shape index (κ3) is 3.94. The second-order valence-electron chi connectivity index (χ2n) is 7.84. The zero-order chi connectivity index (χ0) is 21.4. The van der Waals surface area contributed by atoms with Gasteiger partial charge < -0.3 is 15.1 Å². The maximum Gasteiger partial charge on any atom is 0.223 e. The van der Waals surface area contributed by atoms with Gasteiger partial charge in [-0.15, -0.1) is 0 Å². The Morgan fingerprint density at radius 2 is 1.80 bits per heavy atom. The first-order chi connectivity index (χ1) is 14.3. The van der Waals surface area contributed by atoms with E-state index >= 15 is 0 Å². The molecule has 0 spiro atoms. The number of amides is 1. The van der Waals surface area contributed by atoms with Crippen molar-refractivity contribution in [1.29, 1.82) is 0 Å². The Morgan fingerprint density at radius 3 is 2.53 bits per heavy atom. The number of carbonyl (C=O) groups is 1. The molecule has 3 aromatic rings. The highest BCUT2D eigenvalue weighted by Gasteiger charge is 2.30. The fourth-order valence-electron chi connectivity index (χ4n) is 4.07. The Kier molecular flexibility index (Phi) is 5.80. The number of halogens is 1. The van der Waals surface area contributed by atoms with Gasteiger partial charge in [-0.2, -0.15) is 0 Å². The fourth-order valence-corrected chi connectivity index (χ4v) is 4.44. The topological polar surface area (TPSA) is 72.8 Å². The van der Waals surface area contributed by atoms with Crippen LogP contribution in [0, 0.1) is 0 Å². The molecular formula is C24H25ClN2O3. The summed E-state index contributed by atoms with van der Waals surface area (Å²) in [5.74, 6) is -0.188. The molecule has 156 valence electrons. The predicted molar refractivity (Wildman–Crippen MR) is 121 cm³/mol. The van der Waals surface area contributed by atoms with E-state index in [-0.39, 0.29) is 11.8 Å². The molecular weight excluding hydrogens is 400 g/mol. The molecule has 0 radical (unpaired) electrons. The number of anilines is 1. The molecule has 3 unspecified atom stereocenters. The molecule has 0 aliphatic carbocycles. The summed E-state index contributed by atoms with van der Waals surface area (Å²) >= 11 is 6.79. The Balaban J connectivity index is 1.70. The average molecular weight is 425 g/mol. The van der Waals surface area contributed by atoms with Gasteiger partial charge in [-0.25, -0.2) is 0 Å². The Hall–Kier alpha value is -2.44. The van der Waals surface area contributed by atoms with E-state index in [9.17, 15) is 15.0 Å². The lowest BCUT2D eigenvalue weighted by Gasteiger charge is -2.33. The van der Waals surface area contributed by atoms with Crippen molar-refractivity contribution >= 4 is 34.0 Å². The van der Waals surface area contributed by atoms with E-state index in [1.807, 2.05) is 48.5 Å². The molecule has 0 saturated carbocycles. The number of benzene rings is 3. The van der Waals surface area contributed by atoms with Gasteiger partial charge in [0, 0.05) is 31.1 Å². The van der Waals surface area contributed by atoms with Crippen LogP contribution in [0.5, 0.6) is 0 Å². The van der Waals surface area contributed by atoms with Gasteiger partial charge in [0.05, 0.1) is 5.02 Å². The molecule has 30 heavy (non-hydrogen) atoms. The highest BCUT2D eigenvalue weighted by Crippen LogP contribution is 2.39. The summed E-state index contributed by atoms with van der Waals surface area (Å²) in [7, 11) is 1.76. The van der Waals surface area contributed by atoms with Crippen molar-refractivity contribution in [2.24, 2.45) is 0 Å². The molecule has 1 aliphatic rings. The van der Waals surface area contributed by atoms with Gasteiger partial charge in [-0.05, 0) is 52.9 Å². The first-order valence-corrected chi connectivity index (χ1v) is 10.4. The second-order valence-corrected chi connectivity index (χ2v) is 8.22. The van der Waals surface area contributed by atoms with Crippen LogP contribution in [0.4, 0.5) is 5.69 Å². The maximum atomic E-state index is 11.6. The lowest BCUT2D eigenvalue weighted by atomic mass is 9.87. The number of fused-ring (bicyclic) bond motifs is 1. The van der Waals surface area contributed by atoms with Crippen LogP contribution < -0.4 is 10.2 Å².